The number of carbonyl (C=O) groups is 1. The van der Waals surface area contributed by atoms with Gasteiger partial charge in [-0.1, -0.05) is 18.2 Å². The molecule has 0 saturated heterocycles. The summed E-state index contributed by atoms with van der Waals surface area (Å²) in [7, 11) is -4.25. The first-order valence-electron chi connectivity index (χ1n) is 11.2. The maximum absolute atomic E-state index is 13.6. The Morgan fingerprint density at radius 1 is 1.14 bits per heavy atom. The molecule has 0 aliphatic heterocycles. The molecule has 0 saturated carbocycles. The van der Waals surface area contributed by atoms with Gasteiger partial charge in [-0.05, 0) is 39.8 Å². The third-order valence-electron chi connectivity index (χ3n) is 4.62. The van der Waals surface area contributed by atoms with Crippen LogP contribution in [0.1, 0.15) is 33.9 Å². The summed E-state index contributed by atoms with van der Waals surface area (Å²) in [5.41, 5.74) is -1.48. The molecule has 0 radical (unpaired) electrons. The highest BCUT2D eigenvalue weighted by Gasteiger charge is 2.35. The standard InChI is InChI=1S/C22H32N3O10P/c1-14(2)33-21(29)15(3)24-36(31,35-17-8-6-5-7-9-17)32-13-18(16(4)27)34-20(12-26)25-11-10-19(28)23-22(25)30/h5-11,14-16,18,20,26-27H,12-13H2,1-4H3,(H,24,31)(H,23,28,30)/t15-,16-,18+,20?,36?/m0/s1. The van der Waals surface area contributed by atoms with Crippen LogP contribution in [-0.4, -0.2) is 63.3 Å². The van der Waals surface area contributed by atoms with E-state index in [4.69, 9.17) is 18.5 Å². The third kappa shape index (κ3) is 9.01. The van der Waals surface area contributed by atoms with E-state index in [0.717, 1.165) is 16.8 Å². The van der Waals surface area contributed by atoms with Crippen molar-refractivity contribution in [2.24, 2.45) is 0 Å². The Kier molecular flexibility index (Phi) is 11.0. The minimum atomic E-state index is -4.25. The Balaban J connectivity index is 2.23. The summed E-state index contributed by atoms with van der Waals surface area (Å²) in [5.74, 6) is -0.507. The van der Waals surface area contributed by atoms with Crippen molar-refractivity contribution >= 4 is 13.7 Å². The number of aliphatic hydroxyl groups is 2. The first-order chi connectivity index (χ1) is 16.9. The molecule has 4 N–H and O–H groups in total. The molecule has 1 aromatic carbocycles. The van der Waals surface area contributed by atoms with Gasteiger partial charge in [0.1, 0.15) is 17.9 Å². The van der Waals surface area contributed by atoms with E-state index in [1.165, 1.54) is 26.0 Å². The number of aromatic amines is 1. The van der Waals surface area contributed by atoms with Crippen molar-refractivity contribution in [3.8, 4) is 5.75 Å². The van der Waals surface area contributed by atoms with Gasteiger partial charge in [0.25, 0.3) is 5.56 Å². The highest BCUT2D eigenvalue weighted by Crippen LogP contribution is 2.45. The van der Waals surface area contributed by atoms with Crippen LogP contribution in [-0.2, 0) is 23.4 Å². The number of aromatic nitrogens is 2. The topological polar surface area (TPSA) is 178 Å². The summed E-state index contributed by atoms with van der Waals surface area (Å²) in [6, 6.07) is 8.04. The predicted molar refractivity (Wildman–Crippen MR) is 128 cm³/mol. The number of carbonyl (C=O) groups excluding carboxylic acids is 1. The van der Waals surface area contributed by atoms with E-state index in [2.05, 4.69) is 5.09 Å². The molecule has 14 heteroatoms. The lowest BCUT2D eigenvalue weighted by molar-refractivity contribution is -0.149. The minimum Gasteiger partial charge on any atom is -0.462 e. The number of rotatable bonds is 14. The average Bonchev–Trinajstić information content (AvgIpc) is 2.79. The first kappa shape index (κ1) is 29.4. The van der Waals surface area contributed by atoms with Gasteiger partial charge >= 0.3 is 19.4 Å². The summed E-state index contributed by atoms with van der Waals surface area (Å²) in [6.07, 6.45) is -3.02. The zero-order valence-corrected chi connectivity index (χ0v) is 21.3. The Morgan fingerprint density at radius 3 is 2.36 bits per heavy atom. The highest BCUT2D eigenvalue weighted by atomic mass is 31.2. The van der Waals surface area contributed by atoms with Crippen molar-refractivity contribution in [3.63, 3.8) is 0 Å². The molecule has 1 heterocycles. The van der Waals surface area contributed by atoms with Crippen LogP contribution >= 0.6 is 7.75 Å². The monoisotopic (exact) mass is 529 g/mol. The summed E-state index contributed by atoms with van der Waals surface area (Å²) in [5, 5.41) is 22.5. The van der Waals surface area contributed by atoms with Crippen molar-refractivity contribution in [2.75, 3.05) is 13.2 Å². The fourth-order valence-electron chi connectivity index (χ4n) is 2.85. The number of esters is 1. The summed E-state index contributed by atoms with van der Waals surface area (Å²) >= 11 is 0. The van der Waals surface area contributed by atoms with E-state index in [9.17, 15) is 29.2 Å². The van der Waals surface area contributed by atoms with E-state index in [1.807, 2.05) is 4.98 Å². The smallest absolute Gasteiger partial charge is 0.459 e. The van der Waals surface area contributed by atoms with Crippen LogP contribution in [0, 0.1) is 0 Å². The van der Waals surface area contributed by atoms with Crippen LogP contribution in [0.25, 0.3) is 0 Å². The van der Waals surface area contributed by atoms with E-state index >= 15 is 0 Å². The van der Waals surface area contributed by atoms with E-state index in [0.29, 0.717) is 0 Å². The van der Waals surface area contributed by atoms with Crippen LogP contribution in [0.4, 0.5) is 0 Å². The van der Waals surface area contributed by atoms with Gasteiger partial charge in [0.05, 0.1) is 25.4 Å². The number of H-pyrrole nitrogens is 1. The number of aliphatic hydroxyl groups excluding tert-OH is 2. The fraction of sp³-hybridized carbons (Fsp3) is 0.500. The van der Waals surface area contributed by atoms with Crippen molar-refractivity contribution in [2.45, 2.75) is 58.3 Å². The summed E-state index contributed by atoms with van der Waals surface area (Å²) in [6.45, 7) is 4.88. The number of benzene rings is 1. The molecule has 200 valence electrons. The predicted octanol–water partition coefficient (Wildman–Crippen LogP) is 0.927. The van der Waals surface area contributed by atoms with Gasteiger partial charge in [0.2, 0.25) is 0 Å². The third-order valence-corrected chi connectivity index (χ3v) is 6.27. The second-order valence-electron chi connectivity index (χ2n) is 8.10. The quantitative estimate of drug-likeness (QED) is 0.202. The second-order valence-corrected chi connectivity index (χ2v) is 9.80. The van der Waals surface area contributed by atoms with Gasteiger partial charge < -0.3 is 24.2 Å². The molecule has 0 aliphatic rings. The molecule has 2 rings (SSSR count). The Labute approximate surface area is 207 Å². The van der Waals surface area contributed by atoms with Crippen molar-refractivity contribution < 1.29 is 38.1 Å². The number of ether oxygens (including phenoxy) is 2. The lowest BCUT2D eigenvalue weighted by Gasteiger charge is -2.29. The van der Waals surface area contributed by atoms with E-state index in [1.54, 1.807) is 32.0 Å². The molecule has 1 aromatic heterocycles. The molecule has 0 aliphatic carbocycles. The normalized spacial score (nSPS) is 16.5. The Bertz CT molecular complexity index is 1130. The van der Waals surface area contributed by atoms with Crippen LogP contribution in [0.2, 0.25) is 0 Å². The number of para-hydroxylation sites is 1. The average molecular weight is 529 g/mol. The number of nitrogens with zero attached hydrogens (tertiary/aromatic N) is 1. The van der Waals surface area contributed by atoms with E-state index < -0.39 is 68.8 Å². The molecular formula is C22H32N3O10P. The maximum Gasteiger partial charge on any atom is 0.459 e. The van der Waals surface area contributed by atoms with Gasteiger partial charge in [-0.15, -0.1) is 0 Å². The lowest BCUT2D eigenvalue weighted by atomic mass is 10.2. The summed E-state index contributed by atoms with van der Waals surface area (Å²) < 4.78 is 36.3. The van der Waals surface area contributed by atoms with Gasteiger partial charge in [-0.2, -0.15) is 5.09 Å². The molecule has 2 unspecified atom stereocenters. The van der Waals surface area contributed by atoms with Crippen LogP contribution < -0.4 is 20.9 Å². The number of nitrogens with one attached hydrogen (secondary N) is 2. The molecule has 2 aromatic rings. The van der Waals surface area contributed by atoms with Gasteiger partial charge in [0.15, 0.2) is 6.23 Å². The maximum atomic E-state index is 13.6. The number of hydrogen-bond acceptors (Lipinski definition) is 10. The molecule has 0 spiro atoms. The molecule has 0 fully saturated rings. The second kappa shape index (κ2) is 13.5. The molecule has 5 atom stereocenters. The van der Waals surface area contributed by atoms with Crippen LogP contribution in [0.3, 0.4) is 0 Å². The summed E-state index contributed by atoms with van der Waals surface area (Å²) in [4.78, 5) is 37.7. The Hall–Kier alpha value is -2.80. The zero-order valence-electron chi connectivity index (χ0n) is 20.4. The number of hydrogen-bond donors (Lipinski definition) is 4. The van der Waals surface area contributed by atoms with Crippen molar-refractivity contribution in [1.82, 2.24) is 14.6 Å². The van der Waals surface area contributed by atoms with Crippen LogP contribution in [0.5, 0.6) is 5.75 Å². The SMILES string of the molecule is CC(C)OC(=O)[C@H](C)NP(=O)(OC[C@@H](OC(CO)n1ccc(=O)[nH]c1=O)[C@H](C)O)Oc1ccccc1. The highest BCUT2D eigenvalue weighted by molar-refractivity contribution is 7.52. The van der Waals surface area contributed by atoms with Crippen molar-refractivity contribution in [1.29, 1.82) is 0 Å². The minimum absolute atomic E-state index is 0.181. The van der Waals surface area contributed by atoms with Gasteiger partial charge in [-0.3, -0.25) is 23.7 Å². The van der Waals surface area contributed by atoms with Crippen LogP contribution in [0.15, 0.2) is 52.2 Å². The molecule has 0 amide bonds. The molecule has 13 nitrogen and oxygen atoms in total. The molecule has 0 bridgehead atoms. The fourth-order valence-corrected chi connectivity index (χ4v) is 4.35. The first-order valence-corrected chi connectivity index (χ1v) is 12.7. The largest absolute Gasteiger partial charge is 0.462 e. The van der Waals surface area contributed by atoms with Gasteiger partial charge in [0, 0.05) is 12.3 Å². The zero-order chi connectivity index (χ0) is 26.9. The Morgan fingerprint density at radius 2 is 1.81 bits per heavy atom. The van der Waals surface area contributed by atoms with Crippen molar-refractivity contribution in [3.05, 3.63) is 63.4 Å². The molecular weight excluding hydrogens is 497 g/mol. The molecule has 36 heavy (non-hydrogen) atoms. The van der Waals surface area contributed by atoms with Gasteiger partial charge in [-0.25, -0.2) is 9.36 Å². The van der Waals surface area contributed by atoms with E-state index in [-0.39, 0.29) is 5.75 Å². The lowest BCUT2D eigenvalue weighted by Crippen LogP contribution is -2.40.